The van der Waals surface area contributed by atoms with Gasteiger partial charge in [0.05, 0.1) is 6.61 Å². The highest BCUT2D eigenvalue weighted by Gasteiger charge is 2.07. The van der Waals surface area contributed by atoms with Gasteiger partial charge in [-0.05, 0) is 40.4 Å². The first-order chi connectivity index (χ1) is 6.56. The summed E-state index contributed by atoms with van der Waals surface area (Å²) in [6, 6.07) is 0. The minimum atomic E-state index is -0.378. The van der Waals surface area contributed by atoms with Crippen molar-refractivity contribution in [1.29, 1.82) is 0 Å². The molecule has 4 heteroatoms. The number of carbonyl (C=O) groups excluding carboxylic acids is 1. The Morgan fingerprint density at radius 2 is 2.07 bits per heavy atom. The topological polar surface area (TPSA) is 49.8 Å². The van der Waals surface area contributed by atoms with Gasteiger partial charge < -0.3 is 14.7 Å². The Balaban J connectivity index is 3.36. The first-order valence-corrected chi connectivity index (χ1v) is 5.01. The SMILES string of the molecule is CC(CO)OC(=O)CCCCN(C)C. The van der Waals surface area contributed by atoms with Crippen LogP contribution in [0.5, 0.6) is 0 Å². The summed E-state index contributed by atoms with van der Waals surface area (Å²) in [6.45, 7) is 2.56. The van der Waals surface area contributed by atoms with Crippen LogP contribution in [-0.2, 0) is 9.53 Å². The molecule has 0 rings (SSSR count). The summed E-state index contributed by atoms with van der Waals surface area (Å²) in [6.07, 6.45) is 1.90. The number of rotatable bonds is 7. The number of esters is 1. The van der Waals surface area contributed by atoms with Crippen LogP contribution < -0.4 is 0 Å². The number of nitrogens with zero attached hydrogens (tertiary/aromatic N) is 1. The molecule has 1 unspecified atom stereocenters. The predicted octanol–water partition coefficient (Wildman–Crippen LogP) is 0.642. The minimum Gasteiger partial charge on any atom is -0.460 e. The van der Waals surface area contributed by atoms with Crippen molar-refractivity contribution >= 4 is 5.97 Å². The van der Waals surface area contributed by atoms with Crippen molar-refractivity contribution < 1.29 is 14.6 Å². The summed E-state index contributed by atoms with van der Waals surface area (Å²) in [5.74, 6) is -0.217. The number of ether oxygens (including phenoxy) is 1. The first kappa shape index (κ1) is 13.4. The minimum absolute atomic E-state index is 0.108. The van der Waals surface area contributed by atoms with Gasteiger partial charge in [-0.2, -0.15) is 0 Å². The zero-order valence-corrected chi connectivity index (χ0v) is 9.32. The molecule has 0 radical (unpaired) electrons. The number of hydrogen-bond acceptors (Lipinski definition) is 4. The second-order valence-electron chi connectivity index (χ2n) is 3.74. The van der Waals surface area contributed by atoms with Crippen LogP contribution in [0.2, 0.25) is 0 Å². The lowest BCUT2D eigenvalue weighted by Gasteiger charge is -2.11. The number of aliphatic hydroxyl groups is 1. The third-order valence-corrected chi connectivity index (χ3v) is 1.83. The molecule has 84 valence electrons. The van der Waals surface area contributed by atoms with E-state index in [1.165, 1.54) is 0 Å². The number of hydrogen-bond donors (Lipinski definition) is 1. The highest BCUT2D eigenvalue weighted by Crippen LogP contribution is 2.00. The summed E-state index contributed by atoms with van der Waals surface area (Å²) in [5.41, 5.74) is 0. The maximum absolute atomic E-state index is 11.1. The van der Waals surface area contributed by atoms with E-state index >= 15 is 0 Å². The zero-order valence-electron chi connectivity index (χ0n) is 9.32. The van der Waals surface area contributed by atoms with Gasteiger partial charge in [-0.25, -0.2) is 0 Å². The third-order valence-electron chi connectivity index (χ3n) is 1.83. The van der Waals surface area contributed by atoms with E-state index in [0.29, 0.717) is 6.42 Å². The Hall–Kier alpha value is -0.610. The molecule has 0 aromatic rings. The van der Waals surface area contributed by atoms with Gasteiger partial charge in [-0.1, -0.05) is 0 Å². The summed E-state index contributed by atoms with van der Waals surface area (Å²) in [4.78, 5) is 13.2. The number of aliphatic hydroxyl groups excluding tert-OH is 1. The number of unbranched alkanes of at least 4 members (excludes halogenated alkanes) is 1. The molecule has 0 aromatic heterocycles. The Morgan fingerprint density at radius 3 is 2.57 bits per heavy atom. The van der Waals surface area contributed by atoms with Gasteiger partial charge >= 0.3 is 5.97 Å². The van der Waals surface area contributed by atoms with Gasteiger partial charge in [0.15, 0.2) is 0 Å². The fourth-order valence-electron chi connectivity index (χ4n) is 1.02. The van der Waals surface area contributed by atoms with Crippen molar-refractivity contribution in [2.45, 2.75) is 32.3 Å². The fraction of sp³-hybridized carbons (Fsp3) is 0.900. The van der Waals surface area contributed by atoms with Gasteiger partial charge in [-0.3, -0.25) is 4.79 Å². The summed E-state index contributed by atoms with van der Waals surface area (Å²) >= 11 is 0. The van der Waals surface area contributed by atoms with Crippen molar-refractivity contribution in [3.63, 3.8) is 0 Å². The van der Waals surface area contributed by atoms with E-state index in [1.54, 1.807) is 6.92 Å². The zero-order chi connectivity index (χ0) is 11.0. The first-order valence-electron chi connectivity index (χ1n) is 5.01. The molecule has 1 atom stereocenters. The molecule has 0 saturated carbocycles. The van der Waals surface area contributed by atoms with Crippen molar-refractivity contribution in [2.24, 2.45) is 0 Å². The van der Waals surface area contributed by atoms with Gasteiger partial charge in [0, 0.05) is 6.42 Å². The molecule has 0 saturated heterocycles. The lowest BCUT2D eigenvalue weighted by atomic mass is 10.2. The average Bonchev–Trinajstić information content (AvgIpc) is 2.12. The van der Waals surface area contributed by atoms with Crippen LogP contribution in [0.3, 0.4) is 0 Å². The largest absolute Gasteiger partial charge is 0.460 e. The van der Waals surface area contributed by atoms with E-state index in [4.69, 9.17) is 9.84 Å². The molecule has 14 heavy (non-hydrogen) atoms. The standard InChI is InChI=1S/C10H21NO3/c1-9(8-12)14-10(13)6-4-5-7-11(2)3/h9,12H,4-8H2,1-3H3. The molecule has 4 nitrogen and oxygen atoms in total. The van der Waals surface area contributed by atoms with Crippen LogP contribution in [-0.4, -0.2) is 49.3 Å². The molecule has 0 bridgehead atoms. The Labute approximate surface area is 85.9 Å². The molecule has 0 heterocycles. The van der Waals surface area contributed by atoms with Crippen molar-refractivity contribution in [1.82, 2.24) is 4.90 Å². The van der Waals surface area contributed by atoms with Crippen LogP contribution in [0.4, 0.5) is 0 Å². The summed E-state index contributed by atoms with van der Waals surface area (Å²) in [7, 11) is 4.01. The quantitative estimate of drug-likeness (QED) is 0.487. The molecule has 0 aliphatic heterocycles. The molecule has 0 fully saturated rings. The maximum atomic E-state index is 11.1. The Kier molecular flexibility index (Phi) is 7.42. The normalized spacial score (nSPS) is 12.9. The van der Waals surface area contributed by atoms with Gasteiger partial charge in [-0.15, -0.1) is 0 Å². The van der Waals surface area contributed by atoms with E-state index in [9.17, 15) is 4.79 Å². The molecular weight excluding hydrogens is 182 g/mol. The van der Waals surface area contributed by atoms with Gasteiger partial charge in [0.1, 0.15) is 6.10 Å². The lowest BCUT2D eigenvalue weighted by molar-refractivity contribution is -0.150. The average molecular weight is 203 g/mol. The Bertz CT molecular complexity index is 159. The molecule has 0 aromatic carbocycles. The molecular formula is C10H21NO3. The molecule has 0 spiro atoms. The van der Waals surface area contributed by atoms with E-state index in [1.807, 2.05) is 14.1 Å². The molecule has 0 aliphatic carbocycles. The van der Waals surface area contributed by atoms with Crippen LogP contribution in [0.15, 0.2) is 0 Å². The van der Waals surface area contributed by atoms with Crippen LogP contribution in [0, 0.1) is 0 Å². The second-order valence-corrected chi connectivity index (χ2v) is 3.74. The highest BCUT2D eigenvalue weighted by molar-refractivity contribution is 5.69. The van der Waals surface area contributed by atoms with E-state index in [2.05, 4.69) is 4.90 Å². The van der Waals surface area contributed by atoms with Gasteiger partial charge in [0.2, 0.25) is 0 Å². The van der Waals surface area contributed by atoms with E-state index < -0.39 is 0 Å². The lowest BCUT2D eigenvalue weighted by Crippen LogP contribution is -2.18. The maximum Gasteiger partial charge on any atom is 0.306 e. The predicted molar refractivity (Wildman–Crippen MR) is 55.0 cm³/mol. The smallest absolute Gasteiger partial charge is 0.306 e. The second kappa shape index (κ2) is 7.76. The monoisotopic (exact) mass is 203 g/mol. The highest BCUT2D eigenvalue weighted by atomic mass is 16.5. The van der Waals surface area contributed by atoms with Crippen LogP contribution in [0.25, 0.3) is 0 Å². The van der Waals surface area contributed by atoms with E-state index in [0.717, 1.165) is 19.4 Å². The molecule has 1 N–H and O–H groups in total. The van der Waals surface area contributed by atoms with E-state index in [-0.39, 0.29) is 18.7 Å². The summed E-state index contributed by atoms with van der Waals surface area (Å²) < 4.78 is 4.90. The van der Waals surface area contributed by atoms with Gasteiger partial charge in [0.25, 0.3) is 0 Å². The van der Waals surface area contributed by atoms with Crippen LogP contribution >= 0.6 is 0 Å². The van der Waals surface area contributed by atoms with Crippen LogP contribution in [0.1, 0.15) is 26.2 Å². The number of carbonyl (C=O) groups is 1. The molecule has 0 aliphatic rings. The van der Waals surface area contributed by atoms with Crippen molar-refractivity contribution in [3.8, 4) is 0 Å². The van der Waals surface area contributed by atoms with Crippen molar-refractivity contribution in [3.05, 3.63) is 0 Å². The van der Waals surface area contributed by atoms with Crippen molar-refractivity contribution in [2.75, 3.05) is 27.2 Å². The fourth-order valence-corrected chi connectivity index (χ4v) is 1.02. The Morgan fingerprint density at radius 1 is 1.43 bits per heavy atom. The summed E-state index contributed by atoms with van der Waals surface area (Å²) in [5, 5.41) is 8.64. The third kappa shape index (κ3) is 8.01. The molecule has 0 amide bonds.